The van der Waals surface area contributed by atoms with Crippen molar-refractivity contribution in [2.24, 2.45) is 18.4 Å². The molecular weight excluding hydrogens is 469 g/mol. The van der Waals surface area contributed by atoms with Crippen molar-refractivity contribution in [1.82, 2.24) is 0 Å². The van der Waals surface area contributed by atoms with Crippen molar-refractivity contribution in [2.75, 3.05) is 0 Å². The summed E-state index contributed by atoms with van der Waals surface area (Å²) in [6.07, 6.45) is 7.15. The first kappa shape index (κ1) is 24.9. The van der Waals surface area contributed by atoms with Crippen LogP contribution in [0.25, 0.3) is 44.3 Å². The van der Waals surface area contributed by atoms with Gasteiger partial charge in [-0.3, -0.25) is 0 Å². The molecule has 0 radical (unpaired) electrons. The van der Waals surface area contributed by atoms with Crippen LogP contribution in [0.4, 0.5) is 4.39 Å². The maximum absolute atomic E-state index is 15.4. The number of rotatable bonds is 3. The van der Waals surface area contributed by atoms with Gasteiger partial charge in [-0.25, -0.2) is 8.96 Å². The first-order valence-electron chi connectivity index (χ1n) is 13.9. The highest BCUT2D eigenvalue weighted by atomic mass is 19.1. The van der Waals surface area contributed by atoms with Gasteiger partial charge in [0.2, 0.25) is 5.69 Å². The van der Waals surface area contributed by atoms with E-state index in [1.54, 1.807) is 6.07 Å². The van der Waals surface area contributed by atoms with E-state index in [0.717, 1.165) is 44.8 Å². The van der Waals surface area contributed by atoms with Crippen molar-refractivity contribution in [3.8, 4) is 22.4 Å². The van der Waals surface area contributed by atoms with Gasteiger partial charge in [0, 0.05) is 23.1 Å². The minimum atomic E-state index is -0.239. The lowest BCUT2D eigenvalue weighted by Gasteiger charge is -2.37. The molecule has 1 fully saturated rings. The molecule has 5 aromatic rings. The van der Waals surface area contributed by atoms with E-state index in [2.05, 4.69) is 61.7 Å². The molecule has 6 rings (SSSR count). The summed E-state index contributed by atoms with van der Waals surface area (Å²) in [7, 11) is 2.01. The van der Waals surface area contributed by atoms with Crippen molar-refractivity contribution in [3.63, 3.8) is 0 Å². The number of fused-ring (bicyclic) bond motifs is 3. The van der Waals surface area contributed by atoms with Crippen molar-refractivity contribution < 1.29 is 13.4 Å². The van der Waals surface area contributed by atoms with Gasteiger partial charge < -0.3 is 4.42 Å². The standard InChI is InChI=1S/C35H37FNO/c1-22-21-29(36)32-28-10-8-9-27(33(28)38-34(32)31(22)30-11-6-7-20-37(30)5)25-14-12-23(13-15-25)24-16-18-26(19-17-24)35(2,3)4/h6-15,20-21,24,26H,16-19H2,1-5H3/q+1. The molecule has 0 bridgehead atoms. The zero-order chi connectivity index (χ0) is 26.6. The van der Waals surface area contributed by atoms with Gasteiger partial charge >= 0.3 is 0 Å². The van der Waals surface area contributed by atoms with Crippen LogP contribution in [0.1, 0.15) is 63.5 Å². The Morgan fingerprint density at radius 1 is 0.868 bits per heavy atom. The molecule has 0 amide bonds. The van der Waals surface area contributed by atoms with Crippen molar-refractivity contribution >= 4 is 21.9 Å². The number of hydrogen-bond donors (Lipinski definition) is 0. The average Bonchev–Trinajstić information content (AvgIpc) is 3.29. The molecular formula is C35H37FNO+. The Morgan fingerprint density at radius 2 is 1.61 bits per heavy atom. The number of pyridine rings is 1. The number of benzene rings is 3. The van der Waals surface area contributed by atoms with Crippen LogP contribution in [0.2, 0.25) is 0 Å². The highest BCUT2D eigenvalue weighted by Gasteiger charge is 2.30. The lowest BCUT2D eigenvalue weighted by Crippen LogP contribution is -2.30. The molecule has 0 saturated heterocycles. The minimum Gasteiger partial charge on any atom is -0.454 e. The third-order valence-electron chi connectivity index (χ3n) is 8.88. The summed E-state index contributed by atoms with van der Waals surface area (Å²) in [5, 5.41) is 1.37. The molecule has 0 N–H and O–H groups in total. The molecule has 194 valence electrons. The van der Waals surface area contributed by atoms with E-state index in [1.165, 1.54) is 31.2 Å². The second-order valence-corrected chi connectivity index (χ2v) is 12.3. The second-order valence-electron chi connectivity index (χ2n) is 12.3. The molecule has 0 spiro atoms. The molecule has 1 aliphatic rings. The fraction of sp³-hybridized carbons (Fsp3) is 0.343. The Labute approximate surface area is 225 Å². The molecule has 2 heterocycles. The molecule has 2 nitrogen and oxygen atoms in total. The molecule has 3 heteroatoms. The van der Waals surface area contributed by atoms with Gasteiger partial charge in [-0.2, -0.15) is 0 Å². The number of furan rings is 1. The Morgan fingerprint density at radius 3 is 2.29 bits per heavy atom. The summed E-state index contributed by atoms with van der Waals surface area (Å²) in [6.45, 7) is 9.08. The first-order chi connectivity index (χ1) is 18.2. The number of para-hydroxylation sites is 1. The van der Waals surface area contributed by atoms with Gasteiger partial charge in [0.15, 0.2) is 11.8 Å². The van der Waals surface area contributed by atoms with Gasteiger partial charge in [-0.05, 0) is 78.7 Å². The van der Waals surface area contributed by atoms with Crippen molar-refractivity contribution in [2.45, 2.75) is 59.3 Å². The van der Waals surface area contributed by atoms with E-state index >= 15 is 4.39 Å². The maximum Gasteiger partial charge on any atom is 0.216 e. The van der Waals surface area contributed by atoms with E-state index in [4.69, 9.17) is 4.42 Å². The topological polar surface area (TPSA) is 17.0 Å². The molecule has 3 aromatic carbocycles. The highest BCUT2D eigenvalue weighted by Crippen LogP contribution is 2.44. The molecule has 38 heavy (non-hydrogen) atoms. The summed E-state index contributed by atoms with van der Waals surface area (Å²) in [4.78, 5) is 0. The van der Waals surface area contributed by atoms with Gasteiger partial charge in [0.05, 0.1) is 10.9 Å². The summed E-state index contributed by atoms with van der Waals surface area (Å²) in [6, 6.07) is 22.8. The quantitative estimate of drug-likeness (QED) is 0.223. The average molecular weight is 507 g/mol. The Hall–Kier alpha value is -3.46. The summed E-state index contributed by atoms with van der Waals surface area (Å²) in [5.74, 6) is 1.21. The normalized spacial score (nSPS) is 18.4. The lowest BCUT2D eigenvalue weighted by atomic mass is 9.68. The monoisotopic (exact) mass is 506 g/mol. The third-order valence-corrected chi connectivity index (χ3v) is 8.88. The second kappa shape index (κ2) is 9.38. The fourth-order valence-electron chi connectivity index (χ4n) is 6.60. The largest absolute Gasteiger partial charge is 0.454 e. The molecule has 1 saturated carbocycles. The van der Waals surface area contributed by atoms with Gasteiger partial charge in [-0.1, -0.05) is 63.2 Å². The Bertz CT molecular complexity index is 1630. The fourth-order valence-corrected chi connectivity index (χ4v) is 6.60. The summed E-state index contributed by atoms with van der Waals surface area (Å²) in [5.41, 5.74) is 8.09. The third kappa shape index (κ3) is 4.22. The van der Waals surface area contributed by atoms with Crippen molar-refractivity contribution in [1.29, 1.82) is 0 Å². The summed E-state index contributed by atoms with van der Waals surface area (Å²) < 4.78 is 24.1. The van der Waals surface area contributed by atoms with Crippen LogP contribution in [0.3, 0.4) is 0 Å². The smallest absolute Gasteiger partial charge is 0.216 e. The number of hydrogen-bond acceptors (Lipinski definition) is 1. The molecule has 0 aliphatic heterocycles. The molecule has 0 atom stereocenters. The zero-order valence-corrected chi connectivity index (χ0v) is 23.1. The molecule has 0 unspecified atom stereocenters. The number of aromatic nitrogens is 1. The number of halogens is 1. The number of nitrogens with zero attached hydrogens (tertiary/aromatic N) is 1. The highest BCUT2D eigenvalue weighted by molar-refractivity contribution is 6.13. The Balaban J connectivity index is 1.41. The van der Waals surface area contributed by atoms with E-state index in [1.807, 2.05) is 44.4 Å². The van der Waals surface area contributed by atoms with Gasteiger partial charge in [-0.15, -0.1) is 0 Å². The van der Waals surface area contributed by atoms with Crippen LogP contribution in [0.5, 0.6) is 0 Å². The van der Waals surface area contributed by atoms with E-state index in [0.29, 0.717) is 22.3 Å². The predicted octanol–water partition coefficient (Wildman–Crippen LogP) is 9.51. The predicted molar refractivity (Wildman–Crippen MR) is 155 cm³/mol. The Kier molecular flexibility index (Phi) is 6.13. The van der Waals surface area contributed by atoms with Crippen LogP contribution in [-0.2, 0) is 7.05 Å². The van der Waals surface area contributed by atoms with Gasteiger partial charge in [0.1, 0.15) is 18.4 Å². The maximum atomic E-state index is 15.4. The lowest BCUT2D eigenvalue weighted by molar-refractivity contribution is -0.660. The van der Waals surface area contributed by atoms with Crippen LogP contribution in [0.15, 0.2) is 77.3 Å². The van der Waals surface area contributed by atoms with Crippen LogP contribution in [0, 0.1) is 24.1 Å². The van der Waals surface area contributed by atoms with Crippen LogP contribution < -0.4 is 4.57 Å². The number of aryl methyl sites for hydroxylation is 2. The SMILES string of the molecule is Cc1cc(F)c2c(oc3c(-c4ccc(C5CCC(C(C)(C)C)CC5)cc4)cccc32)c1-c1cccc[n+]1C. The summed E-state index contributed by atoms with van der Waals surface area (Å²) >= 11 is 0. The first-order valence-corrected chi connectivity index (χ1v) is 13.9. The van der Waals surface area contributed by atoms with E-state index in [9.17, 15) is 0 Å². The molecule has 2 aromatic heterocycles. The van der Waals surface area contributed by atoms with E-state index < -0.39 is 0 Å². The minimum absolute atomic E-state index is 0.239. The van der Waals surface area contributed by atoms with Gasteiger partial charge in [0.25, 0.3) is 0 Å². The van der Waals surface area contributed by atoms with Crippen LogP contribution in [-0.4, -0.2) is 0 Å². The zero-order valence-electron chi connectivity index (χ0n) is 23.1. The molecule has 1 aliphatic carbocycles. The van der Waals surface area contributed by atoms with Crippen molar-refractivity contribution in [3.05, 3.63) is 89.9 Å². The van der Waals surface area contributed by atoms with Crippen LogP contribution >= 0.6 is 0 Å². The van der Waals surface area contributed by atoms with E-state index in [-0.39, 0.29) is 5.82 Å².